The van der Waals surface area contributed by atoms with E-state index in [1.54, 1.807) is 10.4 Å². The molecule has 140 valence electrons. The third kappa shape index (κ3) is 3.96. The van der Waals surface area contributed by atoms with E-state index in [1.807, 2.05) is 43.0 Å². The van der Waals surface area contributed by atoms with Gasteiger partial charge < -0.3 is 4.90 Å². The highest BCUT2D eigenvalue weighted by Gasteiger charge is 2.26. The Morgan fingerprint density at radius 2 is 1.65 bits per heavy atom. The molecule has 8 heteroatoms. The van der Waals surface area contributed by atoms with Gasteiger partial charge in [-0.05, 0) is 31.5 Å². The van der Waals surface area contributed by atoms with E-state index in [0.29, 0.717) is 44.1 Å². The van der Waals surface area contributed by atoms with E-state index in [1.165, 1.54) is 10.7 Å². The lowest BCUT2D eigenvalue weighted by molar-refractivity contribution is 0.383. The second-order valence-corrected chi connectivity index (χ2v) is 8.57. The summed E-state index contributed by atoms with van der Waals surface area (Å²) in [4.78, 5) is 14.2. The summed E-state index contributed by atoms with van der Waals surface area (Å²) < 4.78 is 27.3. The maximum Gasteiger partial charge on any atom is 0.271 e. The Hall–Kier alpha value is -2.19. The zero-order valence-electron chi connectivity index (χ0n) is 15.1. The Kier molecular flexibility index (Phi) is 5.43. The van der Waals surface area contributed by atoms with Crippen LogP contribution in [0.25, 0.3) is 5.69 Å². The van der Waals surface area contributed by atoms with E-state index in [4.69, 9.17) is 0 Å². The molecule has 26 heavy (non-hydrogen) atoms. The molecule has 1 aromatic heterocycles. The van der Waals surface area contributed by atoms with Crippen LogP contribution in [0, 0.1) is 6.92 Å². The number of anilines is 1. The molecular weight excluding hydrogens is 352 g/mol. The van der Waals surface area contributed by atoms with E-state index in [2.05, 4.69) is 5.10 Å². The summed E-state index contributed by atoms with van der Waals surface area (Å²) in [6.07, 6.45) is 0.617. The van der Waals surface area contributed by atoms with Crippen LogP contribution in [0.5, 0.6) is 0 Å². The Morgan fingerprint density at radius 1 is 1.00 bits per heavy atom. The van der Waals surface area contributed by atoms with Gasteiger partial charge in [0, 0.05) is 32.2 Å². The van der Waals surface area contributed by atoms with Gasteiger partial charge in [0.25, 0.3) is 5.56 Å². The molecule has 1 saturated heterocycles. The molecule has 1 aromatic carbocycles. The first-order chi connectivity index (χ1) is 12.4. The fourth-order valence-electron chi connectivity index (χ4n) is 3.02. The minimum atomic E-state index is -3.17. The van der Waals surface area contributed by atoms with E-state index in [9.17, 15) is 13.2 Å². The van der Waals surface area contributed by atoms with Crippen LogP contribution in [0.15, 0.2) is 41.2 Å². The lowest BCUT2D eigenvalue weighted by Crippen LogP contribution is -2.49. The predicted molar refractivity (Wildman–Crippen MR) is 102 cm³/mol. The zero-order chi connectivity index (χ0) is 18.7. The lowest BCUT2D eigenvalue weighted by Gasteiger charge is -2.34. The summed E-state index contributed by atoms with van der Waals surface area (Å²) in [6, 6.07) is 10.8. The van der Waals surface area contributed by atoms with Crippen molar-refractivity contribution >= 4 is 15.8 Å². The molecule has 1 aliphatic rings. The van der Waals surface area contributed by atoms with Crippen molar-refractivity contribution in [3.05, 3.63) is 52.3 Å². The Bertz CT molecular complexity index is 914. The highest BCUT2D eigenvalue weighted by atomic mass is 32.2. The van der Waals surface area contributed by atoms with Crippen molar-refractivity contribution in [2.75, 3.05) is 36.8 Å². The zero-order valence-corrected chi connectivity index (χ0v) is 15.9. The average Bonchev–Trinajstić information content (AvgIpc) is 2.63. The van der Waals surface area contributed by atoms with Crippen molar-refractivity contribution in [3.63, 3.8) is 0 Å². The molecule has 1 aliphatic heterocycles. The monoisotopic (exact) mass is 376 g/mol. The number of nitrogens with zero attached hydrogens (tertiary/aromatic N) is 4. The SMILES string of the molecule is CCCS(=O)(=O)N1CCN(c2ccc(=O)n(-c3ccc(C)cc3)n2)CC1. The molecule has 0 radical (unpaired) electrons. The first-order valence-electron chi connectivity index (χ1n) is 8.81. The van der Waals surface area contributed by atoms with Crippen LogP contribution in [0.4, 0.5) is 5.82 Å². The Balaban J connectivity index is 1.78. The van der Waals surface area contributed by atoms with Gasteiger partial charge in [0.2, 0.25) is 10.0 Å². The quantitative estimate of drug-likeness (QED) is 0.789. The summed E-state index contributed by atoms with van der Waals surface area (Å²) in [7, 11) is -3.17. The summed E-state index contributed by atoms with van der Waals surface area (Å²) in [5.41, 5.74) is 1.63. The van der Waals surface area contributed by atoms with Crippen LogP contribution in [-0.2, 0) is 10.0 Å². The van der Waals surface area contributed by atoms with Gasteiger partial charge in [-0.1, -0.05) is 24.6 Å². The van der Waals surface area contributed by atoms with Crippen molar-refractivity contribution in [2.45, 2.75) is 20.3 Å². The minimum Gasteiger partial charge on any atom is -0.353 e. The van der Waals surface area contributed by atoms with Gasteiger partial charge in [-0.25, -0.2) is 8.42 Å². The van der Waals surface area contributed by atoms with Gasteiger partial charge in [0.1, 0.15) is 5.82 Å². The van der Waals surface area contributed by atoms with Crippen molar-refractivity contribution in [1.29, 1.82) is 0 Å². The summed E-state index contributed by atoms with van der Waals surface area (Å²) in [5.74, 6) is 0.863. The normalized spacial score (nSPS) is 16.0. The molecule has 2 aromatic rings. The number of aromatic nitrogens is 2. The average molecular weight is 376 g/mol. The number of benzene rings is 1. The van der Waals surface area contributed by atoms with Gasteiger partial charge in [-0.15, -0.1) is 5.10 Å². The van der Waals surface area contributed by atoms with Gasteiger partial charge in [0.05, 0.1) is 11.4 Å². The van der Waals surface area contributed by atoms with Crippen LogP contribution in [0.3, 0.4) is 0 Å². The second-order valence-electron chi connectivity index (χ2n) is 6.48. The largest absolute Gasteiger partial charge is 0.353 e. The maximum atomic E-state index is 12.2. The standard InChI is InChI=1S/C18H24N4O3S/c1-3-14-26(24,25)21-12-10-20(11-13-21)17-8-9-18(23)22(19-17)16-6-4-15(2)5-7-16/h4-9H,3,10-14H2,1-2H3. The number of hydrogen-bond donors (Lipinski definition) is 0. The van der Waals surface area contributed by atoms with Crippen molar-refractivity contribution in [1.82, 2.24) is 14.1 Å². The third-order valence-corrected chi connectivity index (χ3v) is 6.56. The summed E-state index contributed by atoms with van der Waals surface area (Å²) >= 11 is 0. The first-order valence-corrected chi connectivity index (χ1v) is 10.4. The van der Waals surface area contributed by atoms with Crippen molar-refractivity contribution in [3.8, 4) is 5.69 Å². The van der Waals surface area contributed by atoms with Gasteiger partial charge in [-0.2, -0.15) is 8.99 Å². The number of piperazine rings is 1. The molecule has 0 aliphatic carbocycles. The first kappa shape index (κ1) is 18.6. The molecule has 7 nitrogen and oxygen atoms in total. The molecule has 0 unspecified atom stereocenters. The van der Waals surface area contributed by atoms with E-state index < -0.39 is 10.0 Å². The van der Waals surface area contributed by atoms with E-state index in [0.717, 1.165) is 5.56 Å². The fourth-order valence-corrected chi connectivity index (χ4v) is 4.52. The van der Waals surface area contributed by atoms with Crippen LogP contribution in [0.2, 0.25) is 0 Å². The molecule has 2 heterocycles. The molecular formula is C18H24N4O3S. The molecule has 1 fully saturated rings. The van der Waals surface area contributed by atoms with E-state index in [-0.39, 0.29) is 11.3 Å². The molecule has 0 N–H and O–H groups in total. The van der Waals surface area contributed by atoms with Crippen LogP contribution in [0.1, 0.15) is 18.9 Å². The van der Waals surface area contributed by atoms with Crippen LogP contribution in [-0.4, -0.2) is 54.4 Å². The number of aryl methyl sites for hydroxylation is 1. The van der Waals surface area contributed by atoms with Crippen molar-refractivity contribution < 1.29 is 8.42 Å². The van der Waals surface area contributed by atoms with Gasteiger partial charge in [-0.3, -0.25) is 4.79 Å². The molecule has 0 bridgehead atoms. The minimum absolute atomic E-state index is 0.184. The molecule has 0 amide bonds. The predicted octanol–water partition coefficient (Wildman–Crippen LogP) is 1.40. The Labute approximate surface area is 153 Å². The molecule has 0 spiro atoms. The summed E-state index contributed by atoms with van der Waals surface area (Å²) in [6.45, 7) is 5.85. The molecule has 0 atom stereocenters. The number of hydrogen-bond acceptors (Lipinski definition) is 5. The highest BCUT2D eigenvalue weighted by molar-refractivity contribution is 7.89. The molecule has 0 saturated carbocycles. The van der Waals surface area contributed by atoms with Crippen molar-refractivity contribution in [2.24, 2.45) is 0 Å². The van der Waals surface area contributed by atoms with Gasteiger partial charge >= 0.3 is 0 Å². The highest BCUT2D eigenvalue weighted by Crippen LogP contribution is 2.16. The lowest BCUT2D eigenvalue weighted by atomic mass is 10.2. The summed E-state index contributed by atoms with van der Waals surface area (Å²) in [5, 5.41) is 4.48. The Morgan fingerprint density at radius 3 is 2.27 bits per heavy atom. The third-order valence-electron chi connectivity index (χ3n) is 4.48. The van der Waals surface area contributed by atoms with Crippen LogP contribution >= 0.6 is 0 Å². The van der Waals surface area contributed by atoms with E-state index >= 15 is 0 Å². The molecule has 3 rings (SSSR count). The smallest absolute Gasteiger partial charge is 0.271 e. The van der Waals surface area contributed by atoms with Crippen LogP contribution < -0.4 is 10.5 Å². The van der Waals surface area contributed by atoms with Gasteiger partial charge in [0.15, 0.2) is 0 Å². The fraction of sp³-hybridized carbons (Fsp3) is 0.444. The maximum absolute atomic E-state index is 12.2. The number of rotatable bonds is 5. The number of sulfonamides is 1. The second kappa shape index (κ2) is 7.59. The topological polar surface area (TPSA) is 75.5 Å².